The Morgan fingerprint density at radius 2 is 0.612 bits per heavy atom. The number of hydrogen-bond donors (Lipinski definition) is 0. The van der Waals surface area contributed by atoms with Crippen molar-refractivity contribution in [3.05, 3.63) is 85.1 Å². The highest BCUT2D eigenvalue weighted by Gasteiger charge is 2.19. The molecule has 1 unspecified atom stereocenters. The number of carbonyl (C=O) groups excluding carboxylic acids is 3. The molecule has 0 aromatic carbocycles. The van der Waals surface area contributed by atoms with Gasteiger partial charge in [-0.1, -0.05) is 228 Å². The van der Waals surface area contributed by atoms with E-state index in [4.69, 9.17) is 14.2 Å². The second-order valence-electron chi connectivity index (χ2n) is 18.5. The standard InChI is InChI=1S/C61H104O6/c1-4-7-10-13-16-19-22-25-28-30-31-34-36-39-42-45-48-51-54-60(63)66-57-58(56-65-59(62)53-50-47-44-41-38-35-32-27-24-21-18-15-12-9-6-3)67-61(64)55-52-49-46-43-40-37-33-29-26-23-20-17-14-11-8-5-2/h8,11,17,20-21,24,26,29,31,34,37,40,46,49,58H,4-7,9-10,12-16,18-19,22-23,25,27-28,30,32-33,35-36,38-39,41-45,47-48,50-57H2,1-3H3/b11-8-,20-17-,24-21-,29-26-,34-31-,40-37-,49-46-. The zero-order valence-corrected chi connectivity index (χ0v) is 43.9. The summed E-state index contributed by atoms with van der Waals surface area (Å²) in [5.74, 6) is -1.00. The van der Waals surface area contributed by atoms with Crippen LogP contribution >= 0.6 is 0 Å². The summed E-state index contributed by atoms with van der Waals surface area (Å²) in [6.45, 7) is 6.45. The molecule has 0 fully saturated rings. The predicted octanol–water partition coefficient (Wildman–Crippen LogP) is 18.8. The fourth-order valence-corrected chi connectivity index (χ4v) is 7.66. The van der Waals surface area contributed by atoms with Crippen LogP contribution in [0.1, 0.15) is 265 Å². The van der Waals surface area contributed by atoms with Crippen molar-refractivity contribution >= 4 is 17.9 Å². The van der Waals surface area contributed by atoms with Gasteiger partial charge in [0.05, 0.1) is 0 Å². The lowest BCUT2D eigenvalue weighted by atomic mass is 10.1. The first-order chi connectivity index (χ1) is 33.0. The topological polar surface area (TPSA) is 78.9 Å². The third-order valence-corrected chi connectivity index (χ3v) is 11.9. The number of rotatable bonds is 50. The summed E-state index contributed by atoms with van der Waals surface area (Å²) in [5.41, 5.74) is 0. The first-order valence-electron chi connectivity index (χ1n) is 28.1. The van der Waals surface area contributed by atoms with Gasteiger partial charge in [0.15, 0.2) is 6.10 Å². The highest BCUT2D eigenvalue weighted by molar-refractivity contribution is 5.71. The van der Waals surface area contributed by atoms with Gasteiger partial charge >= 0.3 is 17.9 Å². The van der Waals surface area contributed by atoms with Crippen LogP contribution in [0.15, 0.2) is 85.1 Å². The Bertz CT molecular complexity index is 1300. The van der Waals surface area contributed by atoms with E-state index in [1.54, 1.807) is 0 Å². The van der Waals surface area contributed by atoms with Crippen LogP contribution in [-0.2, 0) is 28.6 Å². The molecule has 384 valence electrons. The van der Waals surface area contributed by atoms with Crippen LogP contribution in [0, 0.1) is 0 Å². The van der Waals surface area contributed by atoms with Gasteiger partial charge in [-0.15, -0.1) is 0 Å². The molecule has 0 aliphatic carbocycles. The summed E-state index contributed by atoms with van der Waals surface area (Å²) in [5, 5.41) is 0. The third kappa shape index (κ3) is 53.4. The fraction of sp³-hybridized carbons (Fsp3) is 0.721. The molecule has 0 aromatic rings. The van der Waals surface area contributed by atoms with Crippen molar-refractivity contribution in [1.29, 1.82) is 0 Å². The summed E-state index contributed by atoms with van der Waals surface area (Å²) in [6, 6.07) is 0. The van der Waals surface area contributed by atoms with Crippen molar-refractivity contribution < 1.29 is 28.6 Å². The molecule has 0 saturated carbocycles. The van der Waals surface area contributed by atoms with Gasteiger partial charge in [-0.25, -0.2) is 0 Å². The van der Waals surface area contributed by atoms with Crippen molar-refractivity contribution in [1.82, 2.24) is 0 Å². The second kappa shape index (κ2) is 55.2. The Labute approximate surface area is 414 Å². The minimum atomic E-state index is -0.821. The van der Waals surface area contributed by atoms with E-state index < -0.39 is 12.1 Å². The monoisotopic (exact) mass is 933 g/mol. The van der Waals surface area contributed by atoms with Crippen molar-refractivity contribution in [2.45, 2.75) is 271 Å². The zero-order chi connectivity index (χ0) is 48.6. The second-order valence-corrected chi connectivity index (χ2v) is 18.5. The molecule has 0 aliphatic heterocycles. The summed E-state index contributed by atoms with van der Waals surface area (Å²) in [4.78, 5) is 38.1. The number of ether oxygens (including phenoxy) is 3. The number of hydrogen-bond acceptors (Lipinski definition) is 6. The lowest BCUT2D eigenvalue weighted by molar-refractivity contribution is -0.166. The maximum absolute atomic E-state index is 12.8. The molecule has 0 N–H and O–H groups in total. The van der Waals surface area contributed by atoms with Crippen LogP contribution in [0.4, 0.5) is 0 Å². The largest absolute Gasteiger partial charge is 0.462 e. The molecule has 0 saturated heterocycles. The Balaban J connectivity index is 4.49. The molecular weight excluding hydrogens is 829 g/mol. The number of allylic oxidation sites excluding steroid dienone is 14. The molecule has 0 amide bonds. The molecule has 0 aromatic heterocycles. The van der Waals surface area contributed by atoms with E-state index in [9.17, 15) is 14.4 Å². The van der Waals surface area contributed by atoms with E-state index in [1.165, 1.54) is 135 Å². The van der Waals surface area contributed by atoms with Gasteiger partial charge < -0.3 is 14.2 Å². The molecule has 6 nitrogen and oxygen atoms in total. The first-order valence-corrected chi connectivity index (χ1v) is 28.1. The van der Waals surface area contributed by atoms with Crippen LogP contribution in [0.3, 0.4) is 0 Å². The van der Waals surface area contributed by atoms with Gasteiger partial charge in [0.2, 0.25) is 0 Å². The molecule has 0 bridgehead atoms. The first kappa shape index (κ1) is 63.6. The SMILES string of the molecule is CC/C=C\C/C=C\C/C=C\C/C=C\C/C=C\CCC(=O)OC(COC(=O)CCCCCCC/C=C\CCCCCCCCCCC)COC(=O)CCCCCCCCC/C=C\CCCCCC. The van der Waals surface area contributed by atoms with E-state index in [0.29, 0.717) is 19.3 Å². The fourth-order valence-electron chi connectivity index (χ4n) is 7.66. The normalized spacial score (nSPS) is 12.7. The Hall–Kier alpha value is -3.41. The van der Waals surface area contributed by atoms with Gasteiger partial charge in [-0.3, -0.25) is 14.4 Å². The Kier molecular flexibility index (Phi) is 52.4. The molecule has 67 heavy (non-hydrogen) atoms. The Morgan fingerprint density at radius 3 is 0.985 bits per heavy atom. The number of esters is 3. The molecule has 1 atom stereocenters. The highest BCUT2D eigenvalue weighted by atomic mass is 16.6. The maximum Gasteiger partial charge on any atom is 0.306 e. The molecular formula is C61H104O6. The van der Waals surface area contributed by atoms with Crippen molar-refractivity contribution in [3.8, 4) is 0 Å². The van der Waals surface area contributed by atoms with Gasteiger partial charge in [-0.05, 0) is 103 Å². The van der Waals surface area contributed by atoms with E-state index in [1.807, 2.05) is 12.2 Å². The van der Waals surface area contributed by atoms with E-state index >= 15 is 0 Å². The molecule has 6 heteroatoms. The zero-order valence-electron chi connectivity index (χ0n) is 43.9. The van der Waals surface area contributed by atoms with Crippen LogP contribution in [0.2, 0.25) is 0 Å². The molecule has 0 radical (unpaired) electrons. The van der Waals surface area contributed by atoms with Crippen LogP contribution in [0.25, 0.3) is 0 Å². The lowest BCUT2D eigenvalue weighted by Gasteiger charge is -2.18. The van der Waals surface area contributed by atoms with Gasteiger partial charge in [0.25, 0.3) is 0 Å². The number of carbonyl (C=O) groups is 3. The third-order valence-electron chi connectivity index (χ3n) is 11.9. The quantitative estimate of drug-likeness (QED) is 0.0262. The minimum absolute atomic E-state index is 0.111. The molecule has 0 rings (SSSR count). The van der Waals surface area contributed by atoms with E-state index in [2.05, 4.69) is 93.7 Å². The van der Waals surface area contributed by atoms with E-state index in [-0.39, 0.29) is 31.6 Å². The summed E-state index contributed by atoms with van der Waals surface area (Å²) < 4.78 is 16.8. The summed E-state index contributed by atoms with van der Waals surface area (Å²) in [6.07, 6.45) is 71.5. The minimum Gasteiger partial charge on any atom is -0.462 e. The maximum atomic E-state index is 12.8. The average molecular weight is 933 g/mol. The van der Waals surface area contributed by atoms with Crippen LogP contribution < -0.4 is 0 Å². The lowest BCUT2D eigenvalue weighted by Crippen LogP contribution is -2.30. The molecule has 0 spiro atoms. The smallest absolute Gasteiger partial charge is 0.306 e. The van der Waals surface area contributed by atoms with Crippen molar-refractivity contribution in [3.63, 3.8) is 0 Å². The summed E-state index contributed by atoms with van der Waals surface area (Å²) >= 11 is 0. The van der Waals surface area contributed by atoms with Crippen molar-refractivity contribution in [2.24, 2.45) is 0 Å². The Morgan fingerprint density at radius 1 is 0.313 bits per heavy atom. The van der Waals surface area contributed by atoms with Gasteiger partial charge in [0, 0.05) is 19.3 Å². The van der Waals surface area contributed by atoms with Crippen LogP contribution in [0.5, 0.6) is 0 Å². The molecule has 0 heterocycles. The average Bonchev–Trinajstić information content (AvgIpc) is 3.33. The van der Waals surface area contributed by atoms with E-state index in [0.717, 1.165) is 83.5 Å². The highest BCUT2D eigenvalue weighted by Crippen LogP contribution is 2.14. The van der Waals surface area contributed by atoms with Gasteiger partial charge in [-0.2, -0.15) is 0 Å². The summed E-state index contributed by atoms with van der Waals surface area (Å²) in [7, 11) is 0. The van der Waals surface area contributed by atoms with Gasteiger partial charge in [0.1, 0.15) is 13.2 Å². The number of unbranched alkanes of at least 4 members (excludes halogenated alkanes) is 25. The molecule has 0 aliphatic rings. The van der Waals surface area contributed by atoms with Crippen LogP contribution in [-0.4, -0.2) is 37.2 Å². The van der Waals surface area contributed by atoms with Crippen molar-refractivity contribution in [2.75, 3.05) is 13.2 Å². The predicted molar refractivity (Wildman–Crippen MR) is 288 cm³/mol.